The minimum atomic E-state index is -2.64. The summed E-state index contributed by atoms with van der Waals surface area (Å²) in [5.74, 6) is -2.56. The normalized spacial score (nSPS) is 18.8. The summed E-state index contributed by atoms with van der Waals surface area (Å²) in [6.45, 7) is 1.38. The van der Waals surface area contributed by atoms with Gasteiger partial charge in [-0.05, 0) is 43.0 Å². The molecule has 1 amide bonds. The monoisotopic (exact) mass is 411 g/mol. The van der Waals surface area contributed by atoms with Crippen LogP contribution in [0.3, 0.4) is 0 Å². The first-order valence-corrected chi connectivity index (χ1v) is 9.75. The lowest BCUT2D eigenvalue weighted by Crippen LogP contribution is -2.35. The van der Waals surface area contributed by atoms with Crippen LogP contribution in [0.1, 0.15) is 36.0 Å². The van der Waals surface area contributed by atoms with Crippen molar-refractivity contribution in [3.8, 4) is 0 Å². The van der Waals surface area contributed by atoms with Crippen molar-refractivity contribution in [2.24, 2.45) is 5.92 Å². The van der Waals surface area contributed by atoms with Crippen molar-refractivity contribution in [2.75, 3.05) is 32.1 Å². The molecule has 28 heavy (non-hydrogen) atoms. The Hall–Kier alpha value is -1.99. The van der Waals surface area contributed by atoms with Gasteiger partial charge in [0.1, 0.15) is 5.82 Å². The summed E-state index contributed by atoms with van der Waals surface area (Å²) >= 11 is 6.27. The Morgan fingerprint density at radius 3 is 2.93 bits per heavy atom. The molecule has 1 fully saturated rings. The molecule has 5 nitrogen and oxygen atoms in total. The van der Waals surface area contributed by atoms with Crippen LogP contribution in [0, 0.1) is 5.92 Å². The minimum Gasteiger partial charge on any atom is -0.383 e. The topological polar surface area (TPSA) is 63.2 Å². The van der Waals surface area contributed by atoms with Crippen LogP contribution in [0.4, 0.5) is 14.6 Å². The molecule has 8 heteroatoms. The molecule has 1 saturated carbocycles. The largest absolute Gasteiger partial charge is 0.383 e. The van der Waals surface area contributed by atoms with Crippen molar-refractivity contribution in [1.29, 1.82) is 0 Å². The zero-order valence-corrected chi connectivity index (χ0v) is 16.5. The number of hydrogen-bond acceptors (Lipinski definition) is 4. The lowest BCUT2D eigenvalue weighted by atomic mass is 9.86. The van der Waals surface area contributed by atoms with E-state index in [1.54, 1.807) is 31.4 Å². The van der Waals surface area contributed by atoms with E-state index in [1.165, 1.54) is 0 Å². The lowest BCUT2D eigenvalue weighted by Gasteiger charge is -2.29. The summed E-state index contributed by atoms with van der Waals surface area (Å²) in [5.41, 5.74) is 0.943. The fourth-order valence-electron chi connectivity index (χ4n) is 3.56. The Kier molecular flexibility index (Phi) is 6.67. The predicted molar refractivity (Wildman–Crippen MR) is 106 cm³/mol. The molecular weight excluding hydrogens is 388 g/mol. The van der Waals surface area contributed by atoms with E-state index in [2.05, 4.69) is 15.6 Å². The van der Waals surface area contributed by atoms with Crippen molar-refractivity contribution >= 4 is 34.2 Å². The number of amides is 1. The average molecular weight is 412 g/mol. The van der Waals surface area contributed by atoms with Crippen LogP contribution in [0.15, 0.2) is 24.3 Å². The van der Waals surface area contributed by atoms with E-state index in [1.807, 2.05) is 0 Å². The third-order valence-electron chi connectivity index (χ3n) is 4.95. The molecule has 1 aromatic carbocycles. The molecule has 0 saturated heterocycles. The number of hydrogen-bond donors (Lipinski definition) is 2. The molecule has 1 aliphatic carbocycles. The van der Waals surface area contributed by atoms with Crippen molar-refractivity contribution in [3.63, 3.8) is 0 Å². The number of ether oxygens (including phenoxy) is 1. The maximum absolute atomic E-state index is 13.6. The van der Waals surface area contributed by atoms with Crippen LogP contribution < -0.4 is 10.6 Å². The van der Waals surface area contributed by atoms with Crippen LogP contribution in [0.5, 0.6) is 0 Å². The third-order valence-corrected chi connectivity index (χ3v) is 5.27. The molecule has 1 atom stereocenters. The zero-order valence-electron chi connectivity index (χ0n) is 15.7. The highest BCUT2D eigenvalue weighted by molar-refractivity contribution is 6.35. The second-order valence-electron chi connectivity index (χ2n) is 7.13. The fraction of sp³-hybridized carbons (Fsp3) is 0.500. The van der Waals surface area contributed by atoms with Gasteiger partial charge in [-0.3, -0.25) is 4.79 Å². The number of carbonyl (C=O) groups excluding carboxylic acids is 1. The molecule has 1 heterocycles. The number of anilines is 1. The predicted octanol–water partition coefficient (Wildman–Crippen LogP) is 4.50. The number of nitrogens with zero attached hydrogens (tertiary/aromatic N) is 1. The molecule has 2 aromatic rings. The smallest absolute Gasteiger partial charge is 0.253 e. The molecule has 0 radical (unpaired) electrons. The molecule has 0 bridgehead atoms. The van der Waals surface area contributed by atoms with Crippen LogP contribution in [0.2, 0.25) is 5.02 Å². The number of aromatic nitrogens is 1. The van der Waals surface area contributed by atoms with Crippen LogP contribution in [-0.2, 0) is 4.74 Å². The molecule has 1 aliphatic rings. The van der Waals surface area contributed by atoms with Crippen molar-refractivity contribution in [2.45, 2.75) is 31.6 Å². The standard InChI is InChI=1S/C20H24ClF2N3O2/c1-28-10-9-24-17-7-4-14-16(26-17)6-5-15(21)18(14)19(27)25-12-13-3-2-8-20(22,23)11-13/h4-7,13H,2-3,8-12H2,1H3,(H,24,26)(H,25,27). The molecular formula is C20H24ClF2N3O2. The molecule has 0 aliphatic heterocycles. The molecule has 152 valence electrons. The summed E-state index contributed by atoms with van der Waals surface area (Å²) in [7, 11) is 1.62. The van der Waals surface area contributed by atoms with Gasteiger partial charge in [-0.25, -0.2) is 13.8 Å². The highest BCUT2D eigenvalue weighted by Crippen LogP contribution is 2.36. The van der Waals surface area contributed by atoms with E-state index >= 15 is 0 Å². The SMILES string of the molecule is COCCNc1ccc2c(C(=O)NCC3CCCC(F)(F)C3)c(Cl)ccc2n1. The van der Waals surface area contributed by atoms with Gasteiger partial charge in [-0.1, -0.05) is 11.6 Å². The van der Waals surface area contributed by atoms with Crippen molar-refractivity contribution in [1.82, 2.24) is 10.3 Å². The molecule has 1 unspecified atom stereocenters. The second kappa shape index (κ2) is 9.01. The zero-order chi connectivity index (χ0) is 20.1. The quantitative estimate of drug-likeness (QED) is 0.658. The number of fused-ring (bicyclic) bond motifs is 1. The number of alkyl halides is 2. The maximum Gasteiger partial charge on any atom is 0.253 e. The summed E-state index contributed by atoms with van der Waals surface area (Å²) < 4.78 is 32.1. The summed E-state index contributed by atoms with van der Waals surface area (Å²) in [6, 6.07) is 6.93. The summed E-state index contributed by atoms with van der Waals surface area (Å²) in [4.78, 5) is 17.2. The Labute approximate surface area is 167 Å². The van der Waals surface area contributed by atoms with E-state index in [0.717, 1.165) is 0 Å². The molecule has 1 aromatic heterocycles. The Morgan fingerprint density at radius 2 is 2.18 bits per heavy atom. The Bertz CT molecular complexity index is 848. The number of nitrogens with one attached hydrogen (secondary N) is 2. The van der Waals surface area contributed by atoms with E-state index in [9.17, 15) is 13.6 Å². The first-order valence-electron chi connectivity index (χ1n) is 9.38. The van der Waals surface area contributed by atoms with Gasteiger partial charge in [0.05, 0.1) is 22.7 Å². The number of carbonyl (C=O) groups is 1. The highest BCUT2D eigenvalue weighted by atomic mass is 35.5. The van der Waals surface area contributed by atoms with Gasteiger partial charge in [0.2, 0.25) is 5.92 Å². The first kappa shape index (κ1) is 20.7. The molecule has 2 N–H and O–H groups in total. The molecule has 3 rings (SSSR count). The van der Waals surface area contributed by atoms with Crippen molar-refractivity contribution < 1.29 is 18.3 Å². The van der Waals surface area contributed by atoms with Crippen molar-refractivity contribution in [3.05, 3.63) is 34.9 Å². The van der Waals surface area contributed by atoms with Gasteiger partial charge in [-0.15, -0.1) is 0 Å². The lowest BCUT2D eigenvalue weighted by molar-refractivity contribution is -0.0518. The van der Waals surface area contributed by atoms with Gasteiger partial charge in [-0.2, -0.15) is 0 Å². The van der Waals surface area contributed by atoms with Gasteiger partial charge in [0.15, 0.2) is 0 Å². The van der Waals surface area contributed by atoms with E-state index in [-0.39, 0.29) is 31.2 Å². The Morgan fingerprint density at radius 1 is 1.36 bits per heavy atom. The maximum atomic E-state index is 13.6. The number of halogens is 3. The number of rotatable bonds is 7. The number of methoxy groups -OCH3 is 1. The van der Waals surface area contributed by atoms with Gasteiger partial charge >= 0.3 is 0 Å². The number of benzene rings is 1. The van der Waals surface area contributed by atoms with Crippen LogP contribution >= 0.6 is 11.6 Å². The van der Waals surface area contributed by atoms with E-state index in [4.69, 9.17) is 16.3 Å². The number of pyridine rings is 1. The van der Waals surface area contributed by atoms with Crippen LogP contribution in [-0.4, -0.2) is 43.6 Å². The average Bonchev–Trinajstić information content (AvgIpc) is 2.65. The summed E-state index contributed by atoms with van der Waals surface area (Å²) in [5, 5.41) is 6.84. The van der Waals surface area contributed by atoms with Crippen LogP contribution in [0.25, 0.3) is 10.9 Å². The highest BCUT2D eigenvalue weighted by Gasteiger charge is 2.36. The van der Waals surface area contributed by atoms with E-state index < -0.39 is 5.92 Å². The van der Waals surface area contributed by atoms with Gasteiger partial charge in [0, 0.05) is 38.4 Å². The van der Waals surface area contributed by atoms with Gasteiger partial charge in [0.25, 0.3) is 5.91 Å². The molecule has 0 spiro atoms. The second-order valence-corrected chi connectivity index (χ2v) is 7.54. The Balaban J connectivity index is 1.73. The van der Waals surface area contributed by atoms with Gasteiger partial charge < -0.3 is 15.4 Å². The summed E-state index contributed by atoms with van der Waals surface area (Å²) in [6.07, 6.45) is 0.913. The first-order chi connectivity index (χ1) is 13.4. The fourth-order valence-corrected chi connectivity index (χ4v) is 3.81. The van der Waals surface area contributed by atoms with E-state index in [0.29, 0.717) is 53.3 Å². The third kappa shape index (κ3) is 5.08. The minimum absolute atomic E-state index is 0.0704.